The van der Waals surface area contributed by atoms with E-state index in [0.717, 1.165) is 19.3 Å². The highest BCUT2D eigenvalue weighted by Gasteiger charge is 2.48. The molecule has 0 spiro atoms. The van der Waals surface area contributed by atoms with Gasteiger partial charge in [0.05, 0.1) is 18.5 Å². The van der Waals surface area contributed by atoms with Crippen LogP contribution in [-0.2, 0) is 9.53 Å². The smallest absolute Gasteiger partial charge is 0.256 e. The molecule has 1 aliphatic carbocycles. The van der Waals surface area contributed by atoms with Gasteiger partial charge in [0.2, 0.25) is 5.88 Å². The summed E-state index contributed by atoms with van der Waals surface area (Å²) in [6.45, 7) is 7.01. The molecule has 0 aromatic carbocycles. The number of amides is 1. The van der Waals surface area contributed by atoms with Crippen LogP contribution in [0.3, 0.4) is 0 Å². The minimum atomic E-state index is -0.741. The van der Waals surface area contributed by atoms with Gasteiger partial charge in [-0.2, -0.15) is 0 Å². The van der Waals surface area contributed by atoms with E-state index in [-0.39, 0.29) is 5.91 Å². The molecule has 0 bridgehead atoms. The monoisotopic (exact) mass is 292 g/mol. The van der Waals surface area contributed by atoms with Crippen LogP contribution in [0.1, 0.15) is 40.0 Å². The molecule has 1 N–H and O–H groups in total. The Kier molecular flexibility index (Phi) is 5.17. The Bertz CT molecular complexity index is 471. The molecule has 0 saturated heterocycles. The predicted octanol–water partition coefficient (Wildman–Crippen LogP) is 3.01. The molecule has 1 aromatic rings. The van der Waals surface area contributed by atoms with Crippen LogP contribution < -0.4 is 10.1 Å². The van der Waals surface area contributed by atoms with E-state index in [1.54, 1.807) is 18.3 Å². The third-order valence-corrected chi connectivity index (χ3v) is 3.70. The number of nitrogens with one attached hydrogen (secondary N) is 1. The van der Waals surface area contributed by atoms with Gasteiger partial charge < -0.3 is 14.8 Å². The fraction of sp³-hybridized carbons (Fsp3) is 0.625. The summed E-state index contributed by atoms with van der Waals surface area (Å²) in [7, 11) is 0. The largest absolute Gasteiger partial charge is 0.478 e. The molecule has 2 rings (SSSR count). The molecule has 0 radical (unpaired) electrons. The van der Waals surface area contributed by atoms with Crippen LogP contribution in [0.4, 0.5) is 5.69 Å². The zero-order chi connectivity index (χ0) is 15.3. The van der Waals surface area contributed by atoms with Crippen LogP contribution in [0.15, 0.2) is 18.3 Å². The molecule has 1 amide bonds. The molecule has 21 heavy (non-hydrogen) atoms. The standard InChI is InChI=1S/C16H24N2O3/c1-4-10-21-16(3,12-6-7-12)15(19)18-13-8-9-14(17-11-13)20-5-2/h8-9,11-12H,4-7,10H2,1-3H3,(H,18,19)/t16-/m1/s1. The number of hydrogen-bond donors (Lipinski definition) is 1. The van der Waals surface area contributed by atoms with Gasteiger partial charge in [-0.15, -0.1) is 0 Å². The van der Waals surface area contributed by atoms with E-state index < -0.39 is 5.60 Å². The first-order valence-corrected chi connectivity index (χ1v) is 7.64. The van der Waals surface area contributed by atoms with E-state index in [2.05, 4.69) is 10.3 Å². The van der Waals surface area contributed by atoms with Crippen molar-refractivity contribution in [3.63, 3.8) is 0 Å². The Morgan fingerprint density at radius 3 is 2.71 bits per heavy atom. The van der Waals surface area contributed by atoms with E-state index in [0.29, 0.717) is 30.7 Å². The Balaban J connectivity index is 2.01. The lowest BCUT2D eigenvalue weighted by Crippen LogP contribution is -2.45. The summed E-state index contributed by atoms with van der Waals surface area (Å²) in [5, 5.41) is 2.90. The number of hydrogen-bond acceptors (Lipinski definition) is 4. The van der Waals surface area contributed by atoms with Crippen LogP contribution in [0.25, 0.3) is 0 Å². The first-order chi connectivity index (χ1) is 10.1. The zero-order valence-corrected chi connectivity index (χ0v) is 13.0. The highest BCUT2D eigenvalue weighted by atomic mass is 16.5. The number of rotatable bonds is 8. The fourth-order valence-electron chi connectivity index (χ4n) is 2.26. The molecule has 0 unspecified atom stereocenters. The van der Waals surface area contributed by atoms with Gasteiger partial charge in [-0.1, -0.05) is 6.92 Å². The SMILES string of the molecule is CCCO[C@@](C)(C(=O)Nc1ccc(OCC)nc1)C1CC1. The van der Waals surface area contributed by atoms with Crippen molar-refractivity contribution in [3.8, 4) is 5.88 Å². The number of pyridine rings is 1. The van der Waals surface area contributed by atoms with Crippen LogP contribution >= 0.6 is 0 Å². The van der Waals surface area contributed by atoms with Gasteiger partial charge in [-0.3, -0.25) is 4.79 Å². The topological polar surface area (TPSA) is 60.5 Å². The first-order valence-electron chi connectivity index (χ1n) is 7.64. The molecule has 0 aliphatic heterocycles. The van der Waals surface area contributed by atoms with Crippen molar-refractivity contribution in [1.29, 1.82) is 0 Å². The molecule has 1 heterocycles. The van der Waals surface area contributed by atoms with Crippen molar-refractivity contribution in [1.82, 2.24) is 4.98 Å². The van der Waals surface area contributed by atoms with Crippen LogP contribution in [0.5, 0.6) is 5.88 Å². The normalized spacial score (nSPS) is 17.1. The highest BCUT2D eigenvalue weighted by molar-refractivity contribution is 5.97. The zero-order valence-electron chi connectivity index (χ0n) is 13.0. The van der Waals surface area contributed by atoms with Crippen molar-refractivity contribution >= 4 is 11.6 Å². The minimum Gasteiger partial charge on any atom is -0.478 e. The second-order valence-corrected chi connectivity index (χ2v) is 5.50. The predicted molar refractivity (Wildman–Crippen MR) is 81.4 cm³/mol. The Morgan fingerprint density at radius 2 is 2.19 bits per heavy atom. The van der Waals surface area contributed by atoms with E-state index >= 15 is 0 Å². The lowest BCUT2D eigenvalue weighted by Gasteiger charge is -2.28. The first kappa shape index (κ1) is 15.8. The summed E-state index contributed by atoms with van der Waals surface area (Å²) in [6.07, 6.45) is 4.61. The lowest BCUT2D eigenvalue weighted by molar-refractivity contribution is -0.142. The molecule has 1 aliphatic rings. The van der Waals surface area contributed by atoms with E-state index in [1.807, 2.05) is 20.8 Å². The van der Waals surface area contributed by atoms with Gasteiger partial charge >= 0.3 is 0 Å². The van der Waals surface area contributed by atoms with Crippen molar-refractivity contribution in [2.45, 2.75) is 45.6 Å². The van der Waals surface area contributed by atoms with Crippen molar-refractivity contribution in [3.05, 3.63) is 18.3 Å². The number of anilines is 1. The number of carbonyl (C=O) groups excluding carboxylic acids is 1. The van der Waals surface area contributed by atoms with Crippen LogP contribution in [0, 0.1) is 5.92 Å². The Morgan fingerprint density at radius 1 is 1.43 bits per heavy atom. The average molecular weight is 292 g/mol. The number of nitrogens with zero attached hydrogens (tertiary/aromatic N) is 1. The van der Waals surface area contributed by atoms with Crippen molar-refractivity contribution in [2.24, 2.45) is 5.92 Å². The summed E-state index contributed by atoms with van der Waals surface area (Å²) >= 11 is 0. The maximum atomic E-state index is 12.5. The van der Waals surface area contributed by atoms with Gasteiger partial charge in [-0.25, -0.2) is 4.98 Å². The molecule has 1 aromatic heterocycles. The second kappa shape index (κ2) is 6.89. The summed E-state index contributed by atoms with van der Waals surface area (Å²) in [5.74, 6) is 0.784. The molecule has 5 heteroatoms. The Labute approximate surface area is 126 Å². The van der Waals surface area contributed by atoms with Crippen molar-refractivity contribution < 1.29 is 14.3 Å². The van der Waals surface area contributed by atoms with E-state index in [1.165, 1.54) is 0 Å². The lowest BCUT2D eigenvalue weighted by atomic mass is 9.99. The molecule has 116 valence electrons. The molecule has 1 atom stereocenters. The number of aromatic nitrogens is 1. The van der Waals surface area contributed by atoms with Gasteiger partial charge in [0, 0.05) is 12.7 Å². The number of carbonyl (C=O) groups is 1. The fourth-order valence-corrected chi connectivity index (χ4v) is 2.26. The molecule has 5 nitrogen and oxygen atoms in total. The average Bonchev–Trinajstić information content (AvgIpc) is 3.32. The van der Waals surface area contributed by atoms with Crippen LogP contribution in [-0.4, -0.2) is 29.7 Å². The van der Waals surface area contributed by atoms with Gasteiger partial charge in [0.1, 0.15) is 5.60 Å². The summed E-state index contributed by atoms with van der Waals surface area (Å²) in [5.41, 5.74) is -0.0790. The third kappa shape index (κ3) is 3.94. The minimum absolute atomic E-state index is 0.0931. The van der Waals surface area contributed by atoms with E-state index in [4.69, 9.17) is 9.47 Å². The maximum Gasteiger partial charge on any atom is 0.256 e. The second-order valence-electron chi connectivity index (χ2n) is 5.50. The molecule has 1 fully saturated rings. The summed E-state index contributed by atoms with van der Waals surface area (Å²) in [6, 6.07) is 3.55. The number of ether oxygens (including phenoxy) is 2. The quantitative estimate of drug-likeness (QED) is 0.800. The van der Waals surface area contributed by atoms with Gasteiger partial charge in [-0.05, 0) is 45.1 Å². The Hall–Kier alpha value is -1.62. The third-order valence-electron chi connectivity index (χ3n) is 3.70. The maximum absolute atomic E-state index is 12.5. The summed E-state index contributed by atoms with van der Waals surface area (Å²) in [4.78, 5) is 16.7. The molecular formula is C16H24N2O3. The van der Waals surface area contributed by atoms with Crippen molar-refractivity contribution in [2.75, 3.05) is 18.5 Å². The van der Waals surface area contributed by atoms with Gasteiger partial charge in [0.25, 0.3) is 5.91 Å². The molecular weight excluding hydrogens is 268 g/mol. The van der Waals surface area contributed by atoms with Gasteiger partial charge in [0.15, 0.2) is 0 Å². The van der Waals surface area contributed by atoms with E-state index in [9.17, 15) is 4.79 Å². The highest BCUT2D eigenvalue weighted by Crippen LogP contribution is 2.42. The van der Waals surface area contributed by atoms with Crippen LogP contribution in [0.2, 0.25) is 0 Å². The molecule has 1 saturated carbocycles. The summed E-state index contributed by atoms with van der Waals surface area (Å²) < 4.78 is 11.1.